The summed E-state index contributed by atoms with van der Waals surface area (Å²) in [6.07, 6.45) is 7.79. The number of anilines is 2. The second kappa shape index (κ2) is 13.7. The van der Waals surface area contributed by atoms with E-state index in [1.807, 2.05) is 19.3 Å². The number of benzene rings is 1. The van der Waals surface area contributed by atoms with Gasteiger partial charge < -0.3 is 19.9 Å². The van der Waals surface area contributed by atoms with Gasteiger partial charge in [-0.05, 0) is 37.3 Å². The van der Waals surface area contributed by atoms with Crippen molar-refractivity contribution in [3.8, 4) is 16.9 Å². The van der Waals surface area contributed by atoms with Crippen molar-refractivity contribution >= 4 is 34.8 Å². The van der Waals surface area contributed by atoms with Gasteiger partial charge in [0.2, 0.25) is 11.8 Å². The molecule has 15 nitrogen and oxygen atoms in total. The van der Waals surface area contributed by atoms with Crippen LogP contribution in [0.4, 0.5) is 17.1 Å². The molecule has 3 aliphatic heterocycles. The molecule has 3 aliphatic rings. The lowest BCUT2D eigenvalue weighted by Crippen LogP contribution is -2.52. The largest absolute Gasteiger partial charge is 0.490 e. The predicted octanol–water partition coefficient (Wildman–Crippen LogP) is 1.97. The molecule has 3 aromatic rings. The number of piperidine rings is 2. The summed E-state index contributed by atoms with van der Waals surface area (Å²) < 4.78 is 7.10. The normalized spacial score (nSPS) is 19.4. The van der Waals surface area contributed by atoms with Gasteiger partial charge in [-0.2, -0.15) is 5.10 Å². The number of nitrogens with zero attached hydrogens (tertiary/aromatic N) is 7. The third-order valence-electron chi connectivity index (χ3n) is 9.24. The van der Waals surface area contributed by atoms with E-state index in [1.54, 1.807) is 35.3 Å². The van der Waals surface area contributed by atoms with Gasteiger partial charge >= 0.3 is 5.69 Å². The number of nitro groups is 1. The quantitative estimate of drug-likeness (QED) is 0.198. The molecule has 2 N–H and O–H groups in total. The van der Waals surface area contributed by atoms with Crippen LogP contribution in [0.15, 0.2) is 42.9 Å². The van der Waals surface area contributed by atoms with Gasteiger partial charge in [0, 0.05) is 94.4 Å². The van der Waals surface area contributed by atoms with Gasteiger partial charge in [-0.3, -0.25) is 39.4 Å². The maximum absolute atomic E-state index is 12.6. The van der Waals surface area contributed by atoms with E-state index in [0.29, 0.717) is 5.92 Å². The molecule has 3 fully saturated rings. The highest BCUT2D eigenvalue weighted by Crippen LogP contribution is 2.41. The molecule has 3 saturated heterocycles. The minimum Gasteiger partial charge on any atom is -0.490 e. The lowest BCUT2D eigenvalue weighted by molar-refractivity contribution is -0.385. The average molecular weight is 646 g/mol. The van der Waals surface area contributed by atoms with Crippen molar-refractivity contribution < 1.29 is 24.0 Å². The van der Waals surface area contributed by atoms with Crippen molar-refractivity contribution in [3.63, 3.8) is 0 Å². The number of carbonyl (C=O) groups is 3. The standard InChI is InChI=1S/C32H39N9O6/c1-37-20-22(17-34-37)24-15-28(41(45)46)29(47-2)16-27(24)40-9-7-21(8-10-40)19-38-11-13-39(14-12-38)23-3-4-25(33-18-23)31(43)35-26-5-6-30(42)36-32(26)44/h3-4,15-18,20-21,26H,5-14,19H2,1-2H3,(H,35,43)(H,36,42,44). The molecule has 2 aromatic heterocycles. The van der Waals surface area contributed by atoms with Crippen molar-refractivity contribution in [1.82, 2.24) is 30.3 Å². The Bertz CT molecular complexity index is 1640. The first kappa shape index (κ1) is 31.9. The van der Waals surface area contributed by atoms with Crippen LogP contribution in [0.2, 0.25) is 0 Å². The van der Waals surface area contributed by atoms with Gasteiger partial charge in [0.15, 0.2) is 5.75 Å². The third kappa shape index (κ3) is 7.19. The van der Waals surface area contributed by atoms with E-state index in [9.17, 15) is 24.5 Å². The first-order valence-corrected chi connectivity index (χ1v) is 15.9. The van der Waals surface area contributed by atoms with E-state index in [1.165, 1.54) is 7.11 Å². The van der Waals surface area contributed by atoms with Crippen LogP contribution in [0.1, 0.15) is 36.2 Å². The van der Waals surface area contributed by atoms with Crippen LogP contribution in [0.25, 0.3) is 11.1 Å². The average Bonchev–Trinajstić information content (AvgIpc) is 3.52. The number of carbonyl (C=O) groups excluding carboxylic acids is 3. The zero-order valence-electron chi connectivity index (χ0n) is 26.6. The maximum atomic E-state index is 12.6. The molecular weight excluding hydrogens is 606 g/mol. The minimum atomic E-state index is -0.739. The first-order chi connectivity index (χ1) is 22.7. The molecule has 0 bridgehead atoms. The van der Waals surface area contributed by atoms with E-state index >= 15 is 0 Å². The monoisotopic (exact) mass is 645 g/mol. The molecule has 0 saturated carbocycles. The summed E-state index contributed by atoms with van der Waals surface area (Å²) in [5.74, 6) is -0.468. The number of nitrogens with one attached hydrogen (secondary N) is 2. The van der Waals surface area contributed by atoms with Crippen molar-refractivity contribution in [2.45, 2.75) is 31.7 Å². The molecule has 248 valence electrons. The Morgan fingerprint density at radius 3 is 2.45 bits per heavy atom. The van der Waals surface area contributed by atoms with Crippen LogP contribution in [-0.4, -0.2) is 101 Å². The molecule has 3 amide bonds. The fraction of sp³-hybridized carbons (Fsp3) is 0.469. The number of pyridine rings is 1. The number of rotatable bonds is 9. The Morgan fingerprint density at radius 1 is 1.06 bits per heavy atom. The van der Waals surface area contributed by atoms with Gasteiger partial charge in [-0.15, -0.1) is 0 Å². The zero-order valence-corrected chi connectivity index (χ0v) is 26.6. The number of aryl methyl sites for hydroxylation is 1. The second-order valence-electron chi connectivity index (χ2n) is 12.3. The molecule has 1 aromatic carbocycles. The highest BCUT2D eigenvalue weighted by Gasteiger charge is 2.30. The van der Waals surface area contributed by atoms with Crippen molar-refractivity contribution in [2.75, 3.05) is 62.7 Å². The maximum Gasteiger partial charge on any atom is 0.311 e. The van der Waals surface area contributed by atoms with E-state index in [-0.39, 0.29) is 35.9 Å². The van der Waals surface area contributed by atoms with Gasteiger partial charge in [0.1, 0.15) is 11.7 Å². The van der Waals surface area contributed by atoms with Crippen molar-refractivity contribution in [1.29, 1.82) is 0 Å². The van der Waals surface area contributed by atoms with Crippen molar-refractivity contribution in [3.05, 3.63) is 58.7 Å². The first-order valence-electron chi connectivity index (χ1n) is 15.9. The molecule has 5 heterocycles. The molecule has 1 atom stereocenters. The molecule has 47 heavy (non-hydrogen) atoms. The van der Waals surface area contributed by atoms with Crippen LogP contribution in [-0.2, 0) is 16.6 Å². The number of imide groups is 1. The Morgan fingerprint density at radius 2 is 1.83 bits per heavy atom. The van der Waals surface area contributed by atoms with Crippen LogP contribution in [0.3, 0.4) is 0 Å². The number of nitro benzene ring substituents is 1. The summed E-state index contributed by atoms with van der Waals surface area (Å²) in [6, 6.07) is 6.18. The smallest absolute Gasteiger partial charge is 0.311 e. The molecule has 6 rings (SSSR count). The molecular formula is C32H39N9O6. The lowest BCUT2D eigenvalue weighted by Gasteiger charge is -2.40. The molecule has 15 heteroatoms. The Labute approximate surface area is 272 Å². The predicted molar refractivity (Wildman–Crippen MR) is 173 cm³/mol. The Kier molecular flexibility index (Phi) is 9.33. The minimum absolute atomic E-state index is 0.0638. The third-order valence-corrected chi connectivity index (χ3v) is 9.24. The van der Waals surface area contributed by atoms with E-state index in [0.717, 1.165) is 81.2 Å². The Hall–Kier alpha value is -5.05. The van der Waals surface area contributed by atoms with E-state index < -0.39 is 22.8 Å². The number of aromatic nitrogens is 3. The highest BCUT2D eigenvalue weighted by atomic mass is 16.6. The lowest BCUT2D eigenvalue weighted by atomic mass is 9.94. The van der Waals surface area contributed by atoms with Crippen LogP contribution < -0.4 is 25.2 Å². The molecule has 0 radical (unpaired) electrons. The fourth-order valence-electron chi connectivity index (χ4n) is 6.60. The summed E-state index contributed by atoms with van der Waals surface area (Å²) >= 11 is 0. The molecule has 1 unspecified atom stereocenters. The number of methoxy groups -OCH3 is 1. The van der Waals surface area contributed by atoms with Gasteiger partial charge in [0.05, 0.1) is 30.1 Å². The van der Waals surface area contributed by atoms with Crippen molar-refractivity contribution in [2.24, 2.45) is 13.0 Å². The number of piperazine rings is 1. The molecule has 0 aliphatic carbocycles. The van der Waals surface area contributed by atoms with Crippen LogP contribution in [0.5, 0.6) is 5.75 Å². The van der Waals surface area contributed by atoms with Gasteiger partial charge in [0.25, 0.3) is 5.91 Å². The summed E-state index contributed by atoms with van der Waals surface area (Å²) in [5.41, 5.74) is 3.62. The molecule has 0 spiro atoms. The summed E-state index contributed by atoms with van der Waals surface area (Å²) in [6.45, 7) is 6.23. The fourth-order valence-corrected chi connectivity index (χ4v) is 6.60. The number of hydrogen-bond donors (Lipinski definition) is 2. The van der Waals surface area contributed by atoms with Crippen LogP contribution in [0, 0.1) is 16.0 Å². The summed E-state index contributed by atoms with van der Waals surface area (Å²) in [5, 5.41) is 20.9. The summed E-state index contributed by atoms with van der Waals surface area (Å²) in [7, 11) is 3.28. The van der Waals surface area contributed by atoms with Gasteiger partial charge in [-0.1, -0.05) is 0 Å². The topological polar surface area (TPSA) is 168 Å². The number of ether oxygens (including phenoxy) is 1. The highest BCUT2D eigenvalue weighted by molar-refractivity contribution is 6.03. The van der Waals surface area contributed by atoms with E-state index in [2.05, 4.69) is 35.4 Å². The SMILES string of the molecule is COc1cc(N2CCC(CN3CCN(c4ccc(C(=O)NC5CCC(=O)NC5=O)nc4)CC3)CC2)c(-c2cnn(C)c2)cc1[N+](=O)[O-]. The van der Waals surface area contributed by atoms with Crippen LogP contribution >= 0.6 is 0 Å². The van der Waals surface area contributed by atoms with Gasteiger partial charge in [-0.25, -0.2) is 4.98 Å². The second-order valence-corrected chi connectivity index (χ2v) is 12.3. The number of amides is 3. The summed E-state index contributed by atoms with van der Waals surface area (Å²) in [4.78, 5) is 58.7. The Balaban J connectivity index is 1.00. The zero-order chi connectivity index (χ0) is 33.1. The van der Waals surface area contributed by atoms with E-state index in [4.69, 9.17) is 4.74 Å². The number of hydrogen-bond acceptors (Lipinski definition) is 11.